The largest absolute Gasteiger partial charge is 0.490 e. The van der Waals surface area contributed by atoms with Crippen LogP contribution in [0.15, 0.2) is 29.0 Å². The predicted octanol–water partition coefficient (Wildman–Crippen LogP) is 0.816. The van der Waals surface area contributed by atoms with E-state index >= 15 is 0 Å². The summed E-state index contributed by atoms with van der Waals surface area (Å²) in [6.07, 6.45) is 1.42. The number of hydrogen-bond donors (Lipinski definition) is 1. The Balaban J connectivity index is 2.14. The van der Waals surface area contributed by atoms with Gasteiger partial charge in [0.05, 0.1) is 23.9 Å². The molecule has 1 aromatic carbocycles. The van der Waals surface area contributed by atoms with Gasteiger partial charge in [0.15, 0.2) is 5.75 Å². The first-order chi connectivity index (χ1) is 10.6. The van der Waals surface area contributed by atoms with Crippen LogP contribution in [-0.2, 0) is 0 Å². The summed E-state index contributed by atoms with van der Waals surface area (Å²) < 4.78 is 10.8. The van der Waals surface area contributed by atoms with E-state index in [2.05, 4.69) is 25.3 Å². The van der Waals surface area contributed by atoms with Crippen LogP contribution in [0.25, 0.3) is 17.1 Å². The highest BCUT2D eigenvalue weighted by Gasteiger charge is 2.20. The number of ether oxygens (including phenoxy) is 1. The molecule has 0 amide bonds. The van der Waals surface area contributed by atoms with Gasteiger partial charge in [-0.25, -0.2) is 4.63 Å². The molecule has 0 bridgehead atoms. The molecule has 0 aliphatic heterocycles. The topological polar surface area (TPSA) is 148 Å². The Morgan fingerprint density at radius 3 is 2.86 bits per heavy atom. The lowest BCUT2D eigenvalue weighted by molar-refractivity contribution is -0.385. The van der Waals surface area contributed by atoms with Crippen LogP contribution in [0.2, 0.25) is 0 Å². The lowest BCUT2D eigenvalue weighted by Gasteiger charge is -2.05. The Kier molecular flexibility index (Phi) is 3.14. The molecule has 0 unspecified atom stereocenters. The number of nitrogens with two attached hydrogens (primary N) is 1. The van der Waals surface area contributed by atoms with Gasteiger partial charge in [0.1, 0.15) is 0 Å². The van der Waals surface area contributed by atoms with E-state index in [1.54, 1.807) is 6.07 Å². The molecule has 112 valence electrons. The van der Waals surface area contributed by atoms with Gasteiger partial charge in [-0.15, -0.1) is 5.10 Å². The van der Waals surface area contributed by atoms with Crippen LogP contribution in [0.1, 0.15) is 0 Å². The van der Waals surface area contributed by atoms with Crippen LogP contribution in [0, 0.1) is 10.1 Å². The number of nitrogens with zero attached hydrogens (tertiary/aromatic N) is 6. The molecule has 3 aromatic rings. The van der Waals surface area contributed by atoms with Gasteiger partial charge in [-0.3, -0.25) is 10.1 Å². The van der Waals surface area contributed by atoms with E-state index in [1.807, 2.05) is 0 Å². The van der Waals surface area contributed by atoms with Gasteiger partial charge in [0.2, 0.25) is 11.6 Å². The van der Waals surface area contributed by atoms with Crippen molar-refractivity contribution in [1.29, 1.82) is 0 Å². The minimum atomic E-state index is -0.539. The van der Waals surface area contributed by atoms with E-state index < -0.39 is 4.92 Å². The van der Waals surface area contributed by atoms with Gasteiger partial charge in [0, 0.05) is 11.6 Å². The fourth-order valence-corrected chi connectivity index (χ4v) is 1.92. The SMILES string of the molecule is COc1ccc(-c2cnnn2-c2nonc2N)cc1[N+](=O)[O-]. The lowest BCUT2D eigenvalue weighted by Crippen LogP contribution is -2.03. The van der Waals surface area contributed by atoms with E-state index in [0.29, 0.717) is 11.3 Å². The molecule has 0 atom stereocenters. The molecule has 11 heteroatoms. The third-order valence-corrected chi connectivity index (χ3v) is 2.92. The van der Waals surface area contributed by atoms with Gasteiger partial charge >= 0.3 is 5.69 Å². The summed E-state index contributed by atoms with van der Waals surface area (Å²) in [6, 6.07) is 4.46. The lowest BCUT2D eigenvalue weighted by atomic mass is 10.1. The second-order valence-electron chi connectivity index (χ2n) is 4.15. The first-order valence-corrected chi connectivity index (χ1v) is 5.93. The van der Waals surface area contributed by atoms with Crippen molar-refractivity contribution >= 4 is 11.5 Å². The molecule has 2 heterocycles. The van der Waals surface area contributed by atoms with Crippen molar-refractivity contribution in [2.45, 2.75) is 0 Å². The molecule has 0 saturated heterocycles. The molecule has 3 rings (SSSR count). The first kappa shape index (κ1) is 13.5. The quantitative estimate of drug-likeness (QED) is 0.545. The summed E-state index contributed by atoms with van der Waals surface area (Å²) in [5.74, 6) is 0.316. The standard InChI is InChI=1S/C11H9N7O4/c1-21-9-3-2-6(4-7(9)18(19)20)8-5-13-16-17(8)11-10(12)14-22-15-11/h2-5H,1H3,(H2,12,14). The molecule has 22 heavy (non-hydrogen) atoms. The van der Waals surface area contributed by atoms with Crippen molar-refractivity contribution in [2.24, 2.45) is 0 Å². The van der Waals surface area contributed by atoms with Crippen LogP contribution in [0.4, 0.5) is 11.5 Å². The monoisotopic (exact) mass is 303 g/mol. The Hall–Kier alpha value is -3.50. The smallest absolute Gasteiger partial charge is 0.311 e. The summed E-state index contributed by atoms with van der Waals surface area (Å²) in [4.78, 5) is 10.6. The first-order valence-electron chi connectivity index (χ1n) is 5.93. The summed E-state index contributed by atoms with van der Waals surface area (Å²) in [7, 11) is 1.36. The van der Waals surface area contributed by atoms with Gasteiger partial charge in [0.25, 0.3) is 0 Å². The van der Waals surface area contributed by atoms with Crippen molar-refractivity contribution in [3.63, 3.8) is 0 Å². The van der Waals surface area contributed by atoms with Crippen molar-refractivity contribution in [3.05, 3.63) is 34.5 Å². The third kappa shape index (κ3) is 2.09. The number of hydrogen-bond acceptors (Lipinski definition) is 9. The molecular weight excluding hydrogens is 294 g/mol. The highest BCUT2D eigenvalue weighted by molar-refractivity contribution is 5.67. The number of rotatable bonds is 4. The fourth-order valence-electron chi connectivity index (χ4n) is 1.92. The van der Waals surface area contributed by atoms with Crippen molar-refractivity contribution < 1.29 is 14.3 Å². The molecule has 0 spiro atoms. The number of nitro benzene ring substituents is 1. The maximum absolute atomic E-state index is 11.1. The molecular formula is C11H9N7O4. The minimum absolute atomic E-state index is 0.0229. The predicted molar refractivity (Wildman–Crippen MR) is 72.3 cm³/mol. The van der Waals surface area contributed by atoms with Crippen LogP contribution in [-0.4, -0.2) is 37.3 Å². The van der Waals surface area contributed by atoms with Crippen LogP contribution in [0.3, 0.4) is 0 Å². The number of benzene rings is 1. The number of methoxy groups -OCH3 is 1. The van der Waals surface area contributed by atoms with Gasteiger partial charge in [-0.1, -0.05) is 5.21 Å². The molecule has 0 aliphatic carbocycles. The Bertz CT molecular complexity index is 841. The summed E-state index contributed by atoms with van der Waals surface area (Å²) >= 11 is 0. The summed E-state index contributed by atoms with van der Waals surface area (Å²) in [5.41, 5.74) is 6.36. The maximum atomic E-state index is 11.1. The van der Waals surface area contributed by atoms with E-state index in [-0.39, 0.29) is 23.1 Å². The average Bonchev–Trinajstić information content (AvgIpc) is 3.14. The number of nitrogen functional groups attached to an aromatic ring is 1. The van der Waals surface area contributed by atoms with E-state index in [1.165, 1.54) is 30.1 Å². The fraction of sp³-hybridized carbons (Fsp3) is 0.0909. The number of anilines is 1. The second-order valence-corrected chi connectivity index (χ2v) is 4.15. The molecule has 0 fully saturated rings. The zero-order valence-corrected chi connectivity index (χ0v) is 11.2. The zero-order valence-electron chi connectivity index (χ0n) is 11.2. The van der Waals surface area contributed by atoms with Gasteiger partial charge < -0.3 is 10.5 Å². The summed E-state index contributed by atoms with van der Waals surface area (Å²) in [6.45, 7) is 0. The third-order valence-electron chi connectivity index (χ3n) is 2.92. The summed E-state index contributed by atoms with van der Waals surface area (Å²) in [5, 5.41) is 25.8. The maximum Gasteiger partial charge on any atom is 0.311 e. The van der Waals surface area contributed by atoms with Crippen LogP contribution in [0.5, 0.6) is 5.75 Å². The number of nitro groups is 1. The Morgan fingerprint density at radius 1 is 1.41 bits per heavy atom. The van der Waals surface area contributed by atoms with Gasteiger partial charge in [-0.2, -0.15) is 4.68 Å². The second kappa shape index (κ2) is 5.12. The van der Waals surface area contributed by atoms with Gasteiger partial charge in [-0.05, 0) is 22.4 Å². The molecule has 0 radical (unpaired) electrons. The Labute approximate surface area is 122 Å². The van der Waals surface area contributed by atoms with E-state index in [0.717, 1.165) is 0 Å². The van der Waals surface area contributed by atoms with Crippen molar-refractivity contribution in [3.8, 4) is 22.8 Å². The highest BCUT2D eigenvalue weighted by atomic mass is 16.6. The highest BCUT2D eigenvalue weighted by Crippen LogP contribution is 2.32. The van der Waals surface area contributed by atoms with E-state index in [4.69, 9.17) is 10.5 Å². The average molecular weight is 303 g/mol. The number of aromatic nitrogens is 5. The van der Waals surface area contributed by atoms with Crippen molar-refractivity contribution in [1.82, 2.24) is 25.3 Å². The molecule has 11 nitrogen and oxygen atoms in total. The minimum Gasteiger partial charge on any atom is -0.490 e. The van der Waals surface area contributed by atoms with Crippen LogP contribution < -0.4 is 10.5 Å². The molecule has 0 saturated carbocycles. The Morgan fingerprint density at radius 2 is 2.23 bits per heavy atom. The normalized spacial score (nSPS) is 10.6. The zero-order chi connectivity index (χ0) is 15.7. The van der Waals surface area contributed by atoms with E-state index in [9.17, 15) is 10.1 Å². The van der Waals surface area contributed by atoms with Crippen LogP contribution >= 0.6 is 0 Å². The molecule has 0 aliphatic rings. The molecule has 2 N–H and O–H groups in total. The molecule has 2 aromatic heterocycles. The van der Waals surface area contributed by atoms with Crippen molar-refractivity contribution in [2.75, 3.05) is 12.8 Å².